The van der Waals surface area contributed by atoms with Crippen molar-refractivity contribution in [2.75, 3.05) is 13.1 Å². The van der Waals surface area contributed by atoms with E-state index in [0.717, 1.165) is 24.8 Å². The van der Waals surface area contributed by atoms with Crippen LogP contribution < -0.4 is 5.32 Å². The highest BCUT2D eigenvalue weighted by molar-refractivity contribution is 8.14. The first kappa shape index (κ1) is 11.4. The lowest BCUT2D eigenvalue weighted by Crippen LogP contribution is -2.25. The Labute approximate surface area is 99.7 Å². The van der Waals surface area contributed by atoms with E-state index in [4.69, 9.17) is 0 Å². The normalized spacial score (nSPS) is 20.2. The average Bonchev–Trinajstić information content (AvgIpc) is 2.87. The van der Waals surface area contributed by atoms with Gasteiger partial charge in [-0.2, -0.15) is 0 Å². The zero-order valence-electron chi connectivity index (χ0n) is 9.63. The molecule has 0 saturated heterocycles. The summed E-state index contributed by atoms with van der Waals surface area (Å²) in [5.74, 6) is 0.684. The van der Waals surface area contributed by atoms with Crippen LogP contribution in [0.3, 0.4) is 0 Å². The van der Waals surface area contributed by atoms with Crippen molar-refractivity contribution in [2.45, 2.75) is 25.6 Å². The van der Waals surface area contributed by atoms with E-state index >= 15 is 0 Å². The lowest BCUT2D eigenvalue weighted by molar-refractivity contribution is 0.581. The first-order chi connectivity index (χ1) is 7.75. The van der Waals surface area contributed by atoms with E-state index in [1.165, 1.54) is 0 Å². The molecule has 1 aliphatic rings. The van der Waals surface area contributed by atoms with Crippen LogP contribution in [0.1, 0.15) is 13.8 Å². The third-order valence-corrected chi connectivity index (χ3v) is 4.00. The van der Waals surface area contributed by atoms with E-state index in [0.29, 0.717) is 11.2 Å². The Bertz CT molecular complexity index is 346. The van der Waals surface area contributed by atoms with Crippen molar-refractivity contribution < 1.29 is 0 Å². The molecule has 88 valence electrons. The van der Waals surface area contributed by atoms with E-state index in [-0.39, 0.29) is 0 Å². The van der Waals surface area contributed by atoms with Crippen molar-refractivity contribution in [1.82, 2.24) is 20.3 Å². The molecule has 1 aliphatic heterocycles. The molecule has 1 aromatic heterocycles. The van der Waals surface area contributed by atoms with Gasteiger partial charge >= 0.3 is 0 Å². The number of thioether (sulfide) groups is 1. The van der Waals surface area contributed by atoms with Gasteiger partial charge < -0.3 is 5.32 Å². The van der Waals surface area contributed by atoms with E-state index in [1.807, 2.05) is 22.6 Å². The highest BCUT2D eigenvalue weighted by atomic mass is 32.2. The van der Waals surface area contributed by atoms with Crippen LogP contribution in [-0.4, -0.2) is 38.5 Å². The summed E-state index contributed by atoms with van der Waals surface area (Å²) in [5.41, 5.74) is 0. The highest BCUT2D eigenvalue weighted by Crippen LogP contribution is 2.25. The molecule has 1 aromatic rings. The van der Waals surface area contributed by atoms with E-state index in [2.05, 4.69) is 34.5 Å². The largest absolute Gasteiger partial charge is 0.363 e. The van der Waals surface area contributed by atoms with Crippen molar-refractivity contribution in [3.05, 3.63) is 12.4 Å². The Morgan fingerprint density at radius 2 is 2.50 bits per heavy atom. The Morgan fingerprint density at radius 1 is 1.62 bits per heavy atom. The summed E-state index contributed by atoms with van der Waals surface area (Å²) in [5, 5.41) is 12.7. The number of amidine groups is 1. The van der Waals surface area contributed by atoms with Gasteiger partial charge in [0.15, 0.2) is 5.17 Å². The van der Waals surface area contributed by atoms with Gasteiger partial charge in [-0.3, -0.25) is 9.67 Å². The van der Waals surface area contributed by atoms with Crippen LogP contribution in [0.5, 0.6) is 0 Å². The molecule has 0 radical (unpaired) electrons. The lowest BCUT2D eigenvalue weighted by atomic mass is 10.1. The second-order valence-electron chi connectivity index (χ2n) is 4.14. The molecule has 2 heterocycles. The zero-order chi connectivity index (χ0) is 11.4. The molecule has 0 aliphatic carbocycles. The third-order valence-electron chi connectivity index (χ3n) is 2.51. The fraction of sp³-hybridized carbons (Fsp3) is 0.700. The first-order valence-corrected chi connectivity index (χ1v) is 6.43. The average molecular weight is 239 g/mol. The third kappa shape index (κ3) is 2.98. The van der Waals surface area contributed by atoms with Gasteiger partial charge in [-0.05, 0) is 5.92 Å². The van der Waals surface area contributed by atoms with Gasteiger partial charge in [0.1, 0.15) is 0 Å². The van der Waals surface area contributed by atoms with Crippen molar-refractivity contribution in [3.8, 4) is 0 Å². The predicted molar refractivity (Wildman–Crippen MR) is 66.5 cm³/mol. The molecule has 1 N–H and O–H groups in total. The summed E-state index contributed by atoms with van der Waals surface area (Å²) in [6.07, 6.45) is 3.55. The first-order valence-electron chi connectivity index (χ1n) is 5.55. The lowest BCUT2D eigenvalue weighted by Gasteiger charge is -2.12. The van der Waals surface area contributed by atoms with Crippen molar-refractivity contribution in [1.29, 1.82) is 0 Å². The Kier molecular flexibility index (Phi) is 3.82. The quantitative estimate of drug-likeness (QED) is 0.851. The summed E-state index contributed by atoms with van der Waals surface area (Å²) in [6.45, 7) is 7.09. The van der Waals surface area contributed by atoms with E-state index in [9.17, 15) is 0 Å². The van der Waals surface area contributed by atoms with E-state index in [1.54, 1.807) is 6.20 Å². The summed E-state index contributed by atoms with van der Waals surface area (Å²) >= 11 is 1.85. The van der Waals surface area contributed by atoms with Crippen LogP contribution in [0, 0.1) is 5.92 Å². The second-order valence-corrected chi connectivity index (χ2v) is 5.37. The molecule has 5 nitrogen and oxygen atoms in total. The van der Waals surface area contributed by atoms with Crippen molar-refractivity contribution in [2.24, 2.45) is 10.9 Å². The maximum absolute atomic E-state index is 4.48. The number of nitrogens with zero attached hydrogens (tertiary/aromatic N) is 4. The topological polar surface area (TPSA) is 55.1 Å². The number of aromatic nitrogens is 3. The number of aliphatic imine (C=N–C) groups is 1. The molecule has 0 saturated carbocycles. The standard InChI is InChI=1S/C10H17N5S/c1-8(2)9-7-12-10(16-9)11-3-5-15-6-4-13-14-15/h4,6,8-9H,3,5,7H2,1-2H3,(H,11,12). The molecular weight excluding hydrogens is 222 g/mol. The summed E-state index contributed by atoms with van der Waals surface area (Å²) in [6, 6.07) is 0. The van der Waals surface area contributed by atoms with Gasteiger partial charge in [-0.25, -0.2) is 0 Å². The highest BCUT2D eigenvalue weighted by Gasteiger charge is 2.21. The minimum absolute atomic E-state index is 0.633. The second kappa shape index (κ2) is 5.34. The molecule has 0 spiro atoms. The minimum atomic E-state index is 0.633. The molecule has 0 bridgehead atoms. The van der Waals surface area contributed by atoms with Crippen LogP contribution in [0.25, 0.3) is 0 Å². The number of hydrogen-bond acceptors (Lipinski definition) is 5. The molecule has 0 amide bonds. The molecule has 6 heteroatoms. The van der Waals surface area contributed by atoms with Crippen LogP contribution in [-0.2, 0) is 6.54 Å². The number of hydrogen-bond donors (Lipinski definition) is 1. The summed E-state index contributed by atoms with van der Waals surface area (Å²) in [7, 11) is 0. The van der Waals surface area contributed by atoms with Crippen LogP contribution in [0.15, 0.2) is 17.4 Å². The van der Waals surface area contributed by atoms with Crippen LogP contribution >= 0.6 is 11.8 Å². The number of rotatable bonds is 4. The molecular formula is C10H17N5S. The van der Waals surface area contributed by atoms with Crippen molar-refractivity contribution >= 4 is 16.9 Å². The predicted octanol–water partition coefficient (Wildman–Crippen LogP) is 0.995. The fourth-order valence-electron chi connectivity index (χ4n) is 1.46. The maximum atomic E-state index is 4.48. The molecule has 1 atom stereocenters. The Balaban J connectivity index is 1.68. The molecule has 0 aromatic carbocycles. The van der Waals surface area contributed by atoms with E-state index < -0.39 is 0 Å². The van der Waals surface area contributed by atoms with Crippen LogP contribution in [0.2, 0.25) is 0 Å². The van der Waals surface area contributed by atoms with Crippen LogP contribution in [0.4, 0.5) is 0 Å². The van der Waals surface area contributed by atoms with Gasteiger partial charge in [0.05, 0.1) is 19.3 Å². The molecule has 0 fully saturated rings. The van der Waals surface area contributed by atoms with Gasteiger partial charge in [0, 0.05) is 18.0 Å². The fourth-order valence-corrected chi connectivity index (χ4v) is 2.51. The van der Waals surface area contributed by atoms with Gasteiger partial charge in [-0.1, -0.05) is 30.8 Å². The SMILES string of the molecule is CC(C)C1CN=C(NCCn2ccnn2)S1. The smallest absolute Gasteiger partial charge is 0.156 e. The van der Waals surface area contributed by atoms with Gasteiger partial charge in [0.25, 0.3) is 0 Å². The Morgan fingerprint density at radius 3 is 3.12 bits per heavy atom. The minimum Gasteiger partial charge on any atom is -0.363 e. The summed E-state index contributed by atoms with van der Waals surface area (Å²) in [4.78, 5) is 4.48. The Hall–Kier alpha value is -1.04. The van der Waals surface area contributed by atoms with Gasteiger partial charge in [0.2, 0.25) is 0 Å². The molecule has 16 heavy (non-hydrogen) atoms. The monoisotopic (exact) mass is 239 g/mol. The number of nitrogens with one attached hydrogen (secondary N) is 1. The maximum Gasteiger partial charge on any atom is 0.156 e. The van der Waals surface area contributed by atoms with Gasteiger partial charge in [-0.15, -0.1) is 5.10 Å². The summed E-state index contributed by atoms with van der Waals surface area (Å²) < 4.78 is 1.81. The van der Waals surface area contributed by atoms with Crippen molar-refractivity contribution in [3.63, 3.8) is 0 Å². The zero-order valence-corrected chi connectivity index (χ0v) is 10.4. The molecule has 2 rings (SSSR count). The molecule has 1 unspecified atom stereocenters.